The van der Waals surface area contributed by atoms with Gasteiger partial charge in [0.2, 0.25) is 0 Å². The Morgan fingerprint density at radius 1 is 0.941 bits per heavy atom. The first-order chi connectivity index (χ1) is 16.6. The number of anilines is 3. The van der Waals surface area contributed by atoms with Gasteiger partial charge in [0, 0.05) is 36.7 Å². The van der Waals surface area contributed by atoms with Crippen LogP contribution in [0.4, 0.5) is 21.9 Å². The molecule has 1 saturated heterocycles. The van der Waals surface area contributed by atoms with Crippen LogP contribution < -0.4 is 20.3 Å². The minimum atomic E-state index is -0.539. The maximum absolute atomic E-state index is 12.6. The number of hydrogen-bond acceptors (Lipinski definition) is 6. The van der Waals surface area contributed by atoms with Crippen molar-refractivity contribution in [1.29, 1.82) is 0 Å². The lowest BCUT2D eigenvalue weighted by Crippen LogP contribution is -2.35. The monoisotopic (exact) mass is 460 g/mol. The van der Waals surface area contributed by atoms with Crippen molar-refractivity contribution >= 4 is 29.1 Å². The van der Waals surface area contributed by atoms with Crippen LogP contribution in [0.3, 0.4) is 0 Å². The van der Waals surface area contributed by atoms with E-state index in [1.54, 1.807) is 68.0 Å². The van der Waals surface area contributed by atoms with E-state index in [4.69, 9.17) is 9.47 Å². The molecule has 2 heterocycles. The van der Waals surface area contributed by atoms with Crippen LogP contribution in [0.25, 0.3) is 0 Å². The fraction of sp³-hybridized carbons (Fsp3) is 0.269. The number of para-hydroxylation sites is 2. The third kappa shape index (κ3) is 6.04. The molecule has 2 N–H and O–H groups in total. The summed E-state index contributed by atoms with van der Waals surface area (Å²) in [4.78, 5) is 31.4. The smallest absolute Gasteiger partial charge is 0.411 e. The second-order valence-electron chi connectivity index (χ2n) is 8.09. The molecule has 1 fully saturated rings. The third-order valence-corrected chi connectivity index (χ3v) is 5.86. The molecule has 0 aliphatic carbocycles. The summed E-state index contributed by atoms with van der Waals surface area (Å²) in [6, 6.07) is 17.8. The van der Waals surface area contributed by atoms with Crippen LogP contribution in [0.1, 0.15) is 23.2 Å². The highest BCUT2D eigenvalue weighted by molar-refractivity contribution is 6.06. The minimum Gasteiger partial charge on any atom is -0.497 e. The molecule has 0 spiro atoms. The molecule has 0 atom stereocenters. The molecule has 8 nitrogen and oxygen atoms in total. The molecular weight excluding hydrogens is 432 g/mol. The quantitative estimate of drug-likeness (QED) is 0.526. The molecule has 3 aromatic rings. The van der Waals surface area contributed by atoms with E-state index >= 15 is 0 Å². The van der Waals surface area contributed by atoms with Gasteiger partial charge in [-0.05, 0) is 67.3 Å². The highest BCUT2D eigenvalue weighted by Crippen LogP contribution is 2.25. The maximum Gasteiger partial charge on any atom is 0.411 e. The average Bonchev–Trinajstić information content (AvgIpc) is 2.89. The lowest BCUT2D eigenvalue weighted by atomic mass is 9.97. The Balaban J connectivity index is 1.27. The number of rotatable bonds is 7. The van der Waals surface area contributed by atoms with Crippen molar-refractivity contribution in [3.05, 3.63) is 78.6 Å². The highest BCUT2D eigenvalue weighted by atomic mass is 16.5. The Hall–Kier alpha value is -4.07. The first-order valence-corrected chi connectivity index (χ1v) is 11.3. The number of ether oxygens (including phenoxy) is 2. The van der Waals surface area contributed by atoms with Crippen LogP contribution >= 0.6 is 0 Å². The molecular formula is C26H28N4O4. The van der Waals surface area contributed by atoms with Gasteiger partial charge in [-0.3, -0.25) is 15.1 Å². The van der Waals surface area contributed by atoms with Crippen molar-refractivity contribution in [1.82, 2.24) is 4.98 Å². The van der Waals surface area contributed by atoms with E-state index in [0.717, 1.165) is 25.9 Å². The largest absolute Gasteiger partial charge is 0.497 e. The first kappa shape index (κ1) is 23.1. The van der Waals surface area contributed by atoms with Gasteiger partial charge in [-0.25, -0.2) is 4.79 Å². The van der Waals surface area contributed by atoms with Crippen LogP contribution in [0.5, 0.6) is 5.75 Å². The lowest BCUT2D eigenvalue weighted by molar-refractivity contribution is 0.102. The number of benzene rings is 2. The molecule has 176 valence electrons. The fourth-order valence-corrected chi connectivity index (χ4v) is 3.89. The number of piperidine rings is 1. The van der Waals surface area contributed by atoms with Gasteiger partial charge >= 0.3 is 6.09 Å². The average molecular weight is 461 g/mol. The number of hydrogen-bond donors (Lipinski definition) is 2. The molecule has 0 unspecified atom stereocenters. The van der Waals surface area contributed by atoms with Gasteiger partial charge in [0.05, 0.1) is 25.1 Å². The summed E-state index contributed by atoms with van der Waals surface area (Å²) in [6.45, 7) is 2.19. The van der Waals surface area contributed by atoms with Gasteiger partial charge in [0.15, 0.2) is 0 Å². The van der Waals surface area contributed by atoms with E-state index in [0.29, 0.717) is 35.2 Å². The zero-order valence-electron chi connectivity index (χ0n) is 19.1. The molecule has 0 radical (unpaired) electrons. The minimum absolute atomic E-state index is 0.286. The number of carbonyl (C=O) groups excluding carboxylic acids is 2. The molecule has 2 aromatic carbocycles. The standard InChI is InChI=1S/C26H28N4O4/c1-33-22-8-6-20(7-9-22)25(31)28-23-4-2-3-5-24(23)29-26(32)34-18-19-12-16-30(17-13-19)21-10-14-27-15-11-21/h2-11,14-15,19H,12-13,16-18H2,1H3,(H,28,31)(H,29,32). The molecule has 8 heteroatoms. The topological polar surface area (TPSA) is 92.8 Å². The van der Waals surface area contributed by atoms with Crippen LogP contribution in [0, 0.1) is 5.92 Å². The lowest BCUT2D eigenvalue weighted by Gasteiger charge is -2.33. The summed E-state index contributed by atoms with van der Waals surface area (Å²) in [5.74, 6) is 0.699. The Morgan fingerprint density at radius 2 is 1.59 bits per heavy atom. The van der Waals surface area contributed by atoms with Crippen molar-refractivity contribution in [2.45, 2.75) is 12.8 Å². The zero-order chi connectivity index (χ0) is 23.8. The normalized spacial score (nSPS) is 13.7. The second-order valence-corrected chi connectivity index (χ2v) is 8.09. The Morgan fingerprint density at radius 3 is 2.24 bits per heavy atom. The maximum atomic E-state index is 12.6. The third-order valence-electron chi connectivity index (χ3n) is 5.86. The molecule has 1 aliphatic rings. The number of carbonyl (C=O) groups is 2. The number of methoxy groups -OCH3 is 1. The molecule has 1 aliphatic heterocycles. The van der Waals surface area contributed by atoms with Gasteiger partial charge in [-0.1, -0.05) is 12.1 Å². The van der Waals surface area contributed by atoms with E-state index < -0.39 is 6.09 Å². The van der Waals surface area contributed by atoms with Crippen molar-refractivity contribution in [3.63, 3.8) is 0 Å². The van der Waals surface area contributed by atoms with Crippen LogP contribution in [-0.4, -0.2) is 43.8 Å². The molecule has 0 bridgehead atoms. The Labute approximate surface area is 198 Å². The van der Waals surface area contributed by atoms with Crippen LogP contribution in [0.15, 0.2) is 73.1 Å². The summed E-state index contributed by atoms with van der Waals surface area (Å²) in [5.41, 5.74) is 2.62. The van der Waals surface area contributed by atoms with Crippen molar-refractivity contribution < 1.29 is 19.1 Å². The molecule has 2 amide bonds. The van der Waals surface area contributed by atoms with Crippen LogP contribution in [0.2, 0.25) is 0 Å². The Bertz CT molecular complexity index is 1100. The van der Waals surface area contributed by atoms with Gasteiger partial charge in [0.1, 0.15) is 5.75 Å². The summed E-state index contributed by atoms with van der Waals surface area (Å²) < 4.78 is 10.6. The van der Waals surface area contributed by atoms with Crippen molar-refractivity contribution in [2.24, 2.45) is 5.92 Å². The number of nitrogens with one attached hydrogen (secondary N) is 2. The Kier molecular flexibility index (Phi) is 7.60. The molecule has 0 saturated carbocycles. The summed E-state index contributed by atoms with van der Waals surface area (Å²) in [7, 11) is 1.57. The highest BCUT2D eigenvalue weighted by Gasteiger charge is 2.21. The van der Waals surface area contributed by atoms with E-state index in [2.05, 4.69) is 20.5 Å². The predicted molar refractivity (Wildman–Crippen MR) is 132 cm³/mol. The molecule has 34 heavy (non-hydrogen) atoms. The van der Waals surface area contributed by atoms with Crippen molar-refractivity contribution in [3.8, 4) is 5.75 Å². The first-order valence-electron chi connectivity index (χ1n) is 11.3. The van der Waals surface area contributed by atoms with Gasteiger partial charge in [-0.2, -0.15) is 0 Å². The van der Waals surface area contributed by atoms with Gasteiger partial charge in [-0.15, -0.1) is 0 Å². The second kappa shape index (κ2) is 11.2. The number of aromatic nitrogens is 1. The SMILES string of the molecule is COc1ccc(C(=O)Nc2ccccc2NC(=O)OCC2CCN(c3ccncc3)CC2)cc1. The van der Waals surface area contributed by atoms with Crippen molar-refractivity contribution in [2.75, 3.05) is 42.3 Å². The van der Waals surface area contributed by atoms with E-state index in [-0.39, 0.29) is 5.91 Å². The molecule has 1 aromatic heterocycles. The zero-order valence-corrected chi connectivity index (χ0v) is 19.1. The number of nitrogens with zero attached hydrogens (tertiary/aromatic N) is 2. The van der Waals surface area contributed by atoms with E-state index in [9.17, 15) is 9.59 Å². The summed E-state index contributed by atoms with van der Waals surface area (Å²) in [6.07, 6.45) is 4.95. The van der Waals surface area contributed by atoms with Gasteiger partial charge < -0.3 is 19.7 Å². The summed E-state index contributed by atoms with van der Waals surface area (Å²) in [5, 5.41) is 5.58. The number of amides is 2. The van der Waals surface area contributed by atoms with Crippen LogP contribution in [-0.2, 0) is 4.74 Å². The van der Waals surface area contributed by atoms with Gasteiger partial charge in [0.25, 0.3) is 5.91 Å². The van der Waals surface area contributed by atoms with E-state index in [1.807, 2.05) is 12.1 Å². The summed E-state index contributed by atoms with van der Waals surface area (Å²) >= 11 is 0. The molecule has 4 rings (SSSR count). The fourth-order valence-electron chi connectivity index (χ4n) is 3.89. The van der Waals surface area contributed by atoms with E-state index in [1.165, 1.54) is 5.69 Å². The number of pyridine rings is 1. The predicted octanol–water partition coefficient (Wildman–Crippen LogP) is 4.81.